The first kappa shape index (κ1) is 13.3. The van der Waals surface area contributed by atoms with Gasteiger partial charge in [0.05, 0.1) is 5.02 Å². The van der Waals surface area contributed by atoms with Crippen LogP contribution in [0.2, 0.25) is 5.02 Å². The molecule has 18 heavy (non-hydrogen) atoms. The number of rotatable bonds is 3. The Labute approximate surface area is 113 Å². The summed E-state index contributed by atoms with van der Waals surface area (Å²) in [6.45, 7) is 0.648. The molecule has 1 aliphatic heterocycles. The third-order valence-corrected chi connectivity index (χ3v) is 4.27. The van der Waals surface area contributed by atoms with Crippen molar-refractivity contribution >= 4 is 34.8 Å². The molecule has 0 aliphatic carbocycles. The molecule has 2 rings (SSSR count). The minimum absolute atomic E-state index is 0.261. The second kappa shape index (κ2) is 5.26. The van der Waals surface area contributed by atoms with E-state index in [9.17, 15) is 14.7 Å². The van der Waals surface area contributed by atoms with Crippen LogP contribution in [-0.2, 0) is 9.53 Å². The first-order valence-electron chi connectivity index (χ1n) is 5.42. The van der Waals surface area contributed by atoms with E-state index in [1.54, 1.807) is 11.4 Å². The average molecular weight is 290 g/mol. The number of carboxylic acid groups (broad SMARTS) is 1. The van der Waals surface area contributed by atoms with Gasteiger partial charge in [0.25, 0.3) is 5.91 Å². The summed E-state index contributed by atoms with van der Waals surface area (Å²) in [5, 5.41) is 13.9. The molecule has 0 aromatic carbocycles. The molecule has 0 unspecified atom stereocenters. The van der Waals surface area contributed by atoms with Crippen molar-refractivity contribution in [3.8, 4) is 0 Å². The number of hydrogen-bond acceptors (Lipinski definition) is 4. The number of nitrogens with one attached hydrogen (secondary N) is 1. The fraction of sp³-hybridized carbons (Fsp3) is 0.455. The Hall–Kier alpha value is -1.11. The largest absolute Gasteiger partial charge is 0.480 e. The molecule has 2 heterocycles. The second-order valence-corrected chi connectivity index (χ2v) is 5.37. The van der Waals surface area contributed by atoms with Crippen LogP contribution in [0.4, 0.5) is 0 Å². The maximum atomic E-state index is 12.0. The van der Waals surface area contributed by atoms with Crippen LogP contribution in [0.3, 0.4) is 0 Å². The van der Waals surface area contributed by atoms with Gasteiger partial charge in [0, 0.05) is 26.1 Å². The lowest BCUT2D eigenvalue weighted by Crippen LogP contribution is -2.57. The molecular weight excluding hydrogens is 278 g/mol. The summed E-state index contributed by atoms with van der Waals surface area (Å²) in [6.07, 6.45) is 0.522. The molecule has 0 atom stereocenters. The van der Waals surface area contributed by atoms with Gasteiger partial charge in [-0.25, -0.2) is 4.79 Å². The molecule has 0 saturated carbocycles. The smallest absolute Gasteiger partial charge is 0.329 e. The highest BCUT2D eigenvalue weighted by Crippen LogP contribution is 2.25. The Bertz CT molecular complexity index is 467. The molecule has 1 saturated heterocycles. The lowest BCUT2D eigenvalue weighted by Gasteiger charge is -2.33. The van der Waals surface area contributed by atoms with Crippen molar-refractivity contribution in [1.82, 2.24) is 5.32 Å². The summed E-state index contributed by atoms with van der Waals surface area (Å²) < 4.78 is 5.13. The Kier molecular flexibility index (Phi) is 3.89. The molecular formula is C11H12ClNO4S. The van der Waals surface area contributed by atoms with Gasteiger partial charge < -0.3 is 15.2 Å². The summed E-state index contributed by atoms with van der Waals surface area (Å²) in [6, 6.07) is 1.61. The van der Waals surface area contributed by atoms with Crippen molar-refractivity contribution in [2.24, 2.45) is 0 Å². The van der Waals surface area contributed by atoms with E-state index in [0.717, 1.165) is 0 Å². The molecule has 98 valence electrons. The highest BCUT2D eigenvalue weighted by atomic mass is 35.5. The average Bonchev–Trinajstić information content (AvgIpc) is 2.76. The van der Waals surface area contributed by atoms with Crippen molar-refractivity contribution in [1.29, 1.82) is 0 Å². The molecule has 0 bridgehead atoms. The van der Waals surface area contributed by atoms with Crippen LogP contribution in [0.25, 0.3) is 0 Å². The van der Waals surface area contributed by atoms with E-state index >= 15 is 0 Å². The zero-order valence-electron chi connectivity index (χ0n) is 9.44. The van der Waals surface area contributed by atoms with Crippen molar-refractivity contribution in [2.75, 3.05) is 13.2 Å². The van der Waals surface area contributed by atoms with E-state index in [1.807, 2.05) is 0 Å². The molecule has 1 fully saturated rings. The Balaban J connectivity index is 2.17. The zero-order valence-corrected chi connectivity index (χ0v) is 11.0. The van der Waals surface area contributed by atoms with Crippen molar-refractivity contribution in [3.05, 3.63) is 21.3 Å². The van der Waals surface area contributed by atoms with Gasteiger partial charge in [-0.15, -0.1) is 11.3 Å². The van der Waals surface area contributed by atoms with Crippen molar-refractivity contribution in [2.45, 2.75) is 18.4 Å². The molecule has 0 spiro atoms. The number of aliphatic carboxylic acids is 1. The summed E-state index contributed by atoms with van der Waals surface area (Å²) in [5.41, 5.74) is -1.25. The maximum absolute atomic E-state index is 12.0. The van der Waals surface area contributed by atoms with Crippen LogP contribution in [0.1, 0.15) is 22.5 Å². The van der Waals surface area contributed by atoms with Crippen LogP contribution in [0, 0.1) is 0 Å². The van der Waals surface area contributed by atoms with Gasteiger partial charge in [-0.1, -0.05) is 11.6 Å². The number of thiophene rings is 1. The predicted octanol–water partition coefficient (Wildman–Crippen LogP) is 1.77. The normalized spacial score (nSPS) is 18.3. The minimum atomic E-state index is -1.25. The van der Waals surface area contributed by atoms with E-state index in [-0.39, 0.29) is 12.8 Å². The Morgan fingerprint density at radius 3 is 2.61 bits per heavy atom. The van der Waals surface area contributed by atoms with E-state index in [1.165, 1.54) is 11.3 Å². The van der Waals surface area contributed by atoms with Gasteiger partial charge in [0.2, 0.25) is 0 Å². The second-order valence-electron chi connectivity index (χ2n) is 4.05. The van der Waals surface area contributed by atoms with E-state index in [4.69, 9.17) is 16.3 Å². The van der Waals surface area contributed by atoms with Gasteiger partial charge in [-0.3, -0.25) is 4.79 Å². The SMILES string of the molecule is O=C(NC1(C(=O)O)CCOCC1)c1sccc1Cl. The van der Waals surface area contributed by atoms with Crippen molar-refractivity contribution in [3.63, 3.8) is 0 Å². The monoisotopic (exact) mass is 289 g/mol. The van der Waals surface area contributed by atoms with Gasteiger partial charge in [0.1, 0.15) is 10.4 Å². The third-order valence-electron chi connectivity index (χ3n) is 2.93. The highest BCUT2D eigenvalue weighted by Gasteiger charge is 2.42. The summed E-state index contributed by atoms with van der Waals surface area (Å²) in [7, 11) is 0. The number of carboxylic acids is 1. The fourth-order valence-corrected chi connectivity index (χ4v) is 2.88. The van der Waals surface area contributed by atoms with Crippen molar-refractivity contribution < 1.29 is 19.4 Å². The van der Waals surface area contributed by atoms with Crippen LogP contribution in [0.15, 0.2) is 11.4 Å². The van der Waals surface area contributed by atoms with Gasteiger partial charge in [0.15, 0.2) is 0 Å². The fourth-order valence-electron chi connectivity index (χ4n) is 1.84. The minimum Gasteiger partial charge on any atom is -0.480 e. The molecule has 0 radical (unpaired) electrons. The number of ether oxygens (including phenoxy) is 1. The van der Waals surface area contributed by atoms with Gasteiger partial charge in [-0.2, -0.15) is 0 Å². The molecule has 1 aliphatic rings. The lowest BCUT2D eigenvalue weighted by atomic mass is 9.90. The zero-order chi connectivity index (χ0) is 13.2. The quantitative estimate of drug-likeness (QED) is 0.889. The molecule has 7 heteroatoms. The van der Waals surface area contributed by atoms with E-state index in [2.05, 4.69) is 5.32 Å². The standard InChI is InChI=1S/C11H12ClNO4S/c12-7-1-6-18-8(7)9(14)13-11(10(15)16)2-4-17-5-3-11/h1,6H,2-5H2,(H,13,14)(H,15,16). The lowest BCUT2D eigenvalue weighted by molar-refractivity contribution is -0.148. The Morgan fingerprint density at radius 2 is 2.11 bits per heavy atom. The molecule has 1 aromatic heterocycles. The summed E-state index contributed by atoms with van der Waals surface area (Å²) in [4.78, 5) is 23.7. The Morgan fingerprint density at radius 1 is 1.44 bits per heavy atom. The summed E-state index contributed by atoms with van der Waals surface area (Å²) in [5.74, 6) is -1.48. The molecule has 5 nitrogen and oxygen atoms in total. The number of carbonyl (C=O) groups is 2. The number of carbonyl (C=O) groups excluding carboxylic acids is 1. The first-order valence-corrected chi connectivity index (χ1v) is 6.67. The maximum Gasteiger partial charge on any atom is 0.329 e. The first-order chi connectivity index (χ1) is 8.55. The third kappa shape index (κ3) is 2.50. The van der Waals surface area contributed by atoms with E-state index < -0.39 is 17.4 Å². The molecule has 1 amide bonds. The predicted molar refractivity (Wildman–Crippen MR) is 67.2 cm³/mol. The summed E-state index contributed by atoms with van der Waals surface area (Å²) >= 11 is 7.04. The highest BCUT2D eigenvalue weighted by molar-refractivity contribution is 7.12. The van der Waals surface area contributed by atoms with Gasteiger partial charge in [-0.05, 0) is 11.4 Å². The van der Waals surface area contributed by atoms with Crippen LogP contribution in [0.5, 0.6) is 0 Å². The van der Waals surface area contributed by atoms with Crippen LogP contribution in [-0.4, -0.2) is 35.7 Å². The van der Waals surface area contributed by atoms with Crippen LogP contribution < -0.4 is 5.32 Å². The van der Waals surface area contributed by atoms with Gasteiger partial charge >= 0.3 is 5.97 Å². The topological polar surface area (TPSA) is 75.6 Å². The number of halogens is 1. The van der Waals surface area contributed by atoms with E-state index in [0.29, 0.717) is 23.1 Å². The number of amides is 1. The molecule has 2 N–H and O–H groups in total. The number of hydrogen-bond donors (Lipinski definition) is 2. The molecule has 1 aromatic rings. The van der Waals surface area contributed by atoms with Crippen LogP contribution >= 0.6 is 22.9 Å².